The molecule has 0 aromatic heterocycles. The highest BCUT2D eigenvalue weighted by atomic mass is 16.4. The van der Waals surface area contributed by atoms with Crippen molar-refractivity contribution in [2.24, 2.45) is 11.3 Å². The van der Waals surface area contributed by atoms with Crippen molar-refractivity contribution < 1.29 is 14.7 Å². The minimum Gasteiger partial charge on any atom is -0.481 e. The number of hydrogen-bond donors (Lipinski definition) is 1. The molecule has 1 N–H and O–H groups in total. The highest BCUT2D eigenvalue weighted by Gasteiger charge is 2.32. The maximum Gasteiger partial charge on any atom is 0.304 e. The number of aliphatic carboxylic acids is 1. The van der Waals surface area contributed by atoms with E-state index in [0.29, 0.717) is 12.0 Å². The van der Waals surface area contributed by atoms with Crippen molar-refractivity contribution >= 4 is 11.8 Å². The molecule has 1 unspecified atom stereocenters. The molecular weight excluding hydrogens is 216 g/mol. The summed E-state index contributed by atoms with van der Waals surface area (Å²) in [6.45, 7) is 9.67. The molecule has 0 bridgehead atoms. The topological polar surface area (TPSA) is 54.4 Å². The fourth-order valence-corrected chi connectivity index (χ4v) is 2.17. The average Bonchev–Trinajstić information content (AvgIpc) is 2.13. The zero-order chi connectivity index (χ0) is 13.2. The van der Waals surface area contributed by atoms with Crippen LogP contribution in [0, 0.1) is 11.3 Å². The van der Waals surface area contributed by atoms with E-state index in [9.17, 15) is 9.59 Å². The van der Waals surface area contributed by atoms with Crippen molar-refractivity contribution in [2.45, 2.75) is 40.0 Å². The lowest BCUT2D eigenvalue weighted by atomic mass is 9.73. The molecule has 0 aromatic rings. The number of rotatable bonds is 4. The third-order valence-corrected chi connectivity index (χ3v) is 3.18. The Kier molecular flexibility index (Phi) is 3.91. The van der Waals surface area contributed by atoms with Crippen molar-refractivity contribution in [3.05, 3.63) is 23.8 Å². The molecule has 0 radical (unpaired) electrons. The Morgan fingerprint density at radius 1 is 1.59 bits per heavy atom. The standard InChI is InChI=1S/C14H20O3/c1-9(2)11(7-13(16)17)10-5-6-14(3,4)8-12(10)15/h5,11H,1,6-8H2,2-4H3,(H,16,17). The summed E-state index contributed by atoms with van der Waals surface area (Å²) in [7, 11) is 0. The summed E-state index contributed by atoms with van der Waals surface area (Å²) in [4.78, 5) is 22.8. The molecule has 1 aliphatic carbocycles. The fourth-order valence-electron chi connectivity index (χ4n) is 2.17. The highest BCUT2D eigenvalue weighted by Crippen LogP contribution is 2.36. The van der Waals surface area contributed by atoms with Crippen molar-refractivity contribution in [3.8, 4) is 0 Å². The SMILES string of the molecule is C=C(C)C(CC(=O)O)C1=CCC(C)(C)CC1=O. The minimum absolute atomic E-state index is 0.0105. The van der Waals surface area contributed by atoms with E-state index >= 15 is 0 Å². The van der Waals surface area contributed by atoms with Gasteiger partial charge in [-0.05, 0) is 24.3 Å². The lowest BCUT2D eigenvalue weighted by molar-refractivity contribution is -0.137. The first-order valence-electron chi connectivity index (χ1n) is 5.83. The summed E-state index contributed by atoms with van der Waals surface area (Å²) in [5, 5.41) is 8.87. The van der Waals surface area contributed by atoms with E-state index in [-0.39, 0.29) is 23.5 Å². The largest absolute Gasteiger partial charge is 0.481 e. The van der Waals surface area contributed by atoms with Crippen LogP contribution in [-0.2, 0) is 9.59 Å². The monoisotopic (exact) mass is 236 g/mol. The summed E-state index contributed by atoms with van der Waals surface area (Å²) >= 11 is 0. The molecule has 17 heavy (non-hydrogen) atoms. The van der Waals surface area contributed by atoms with Gasteiger partial charge in [-0.2, -0.15) is 0 Å². The van der Waals surface area contributed by atoms with Gasteiger partial charge in [-0.1, -0.05) is 32.1 Å². The quantitative estimate of drug-likeness (QED) is 0.763. The van der Waals surface area contributed by atoms with Crippen LogP contribution < -0.4 is 0 Å². The second-order valence-corrected chi connectivity index (χ2v) is 5.62. The number of hydrogen-bond acceptors (Lipinski definition) is 2. The van der Waals surface area contributed by atoms with E-state index in [2.05, 4.69) is 6.58 Å². The lowest BCUT2D eigenvalue weighted by Gasteiger charge is -2.30. The van der Waals surface area contributed by atoms with E-state index < -0.39 is 5.97 Å². The van der Waals surface area contributed by atoms with Gasteiger partial charge in [-0.3, -0.25) is 9.59 Å². The Bertz CT molecular complexity index is 388. The predicted octanol–water partition coefficient (Wildman–Crippen LogP) is 2.97. The summed E-state index contributed by atoms with van der Waals surface area (Å²) < 4.78 is 0. The number of carbonyl (C=O) groups is 2. The van der Waals surface area contributed by atoms with E-state index in [1.165, 1.54) is 0 Å². The molecule has 1 rings (SSSR count). The molecule has 1 aliphatic rings. The number of allylic oxidation sites excluding steroid dienone is 3. The van der Waals surface area contributed by atoms with E-state index in [0.717, 1.165) is 12.0 Å². The van der Waals surface area contributed by atoms with Gasteiger partial charge in [0.15, 0.2) is 5.78 Å². The number of Topliss-reactive ketones (excluding diaryl/α,β-unsaturated/α-hetero) is 1. The Morgan fingerprint density at radius 2 is 2.18 bits per heavy atom. The van der Waals surface area contributed by atoms with Crippen molar-refractivity contribution in [1.82, 2.24) is 0 Å². The predicted molar refractivity (Wildman–Crippen MR) is 66.7 cm³/mol. The first-order chi connectivity index (χ1) is 7.73. The first-order valence-corrected chi connectivity index (χ1v) is 5.83. The van der Waals surface area contributed by atoms with Crippen LogP contribution in [0.2, 0.25) is 0 Å². The molecule has 0 fully saturated rings. The van der Waals surface area contributed by atoms with Gasteiger partial charge in [0, 0.05) is 12.3 Å². The zero-order valence-electron chi connectivity index (χ0n) is 10.7. The second kappa shape index (κ2) is 4.86. The fraction of sp³-hybridized carbons (Fsp3) is 0.571. The van der Waals surface area contributed by atoms with E-state index in [1.807, 2.05) is 19.9 Å². The van der Waals surface area contributed by atoms with Crippen molar-refractivity contribution in [3.63, 3.8) is 0 Å². The smallest absolute Gasteiger partial charge is 0.304 e. The van der Waals surface area contributed by atoms with E-state index in [1.54, 1.807) is 6.92 Å². The number of carboxylic acid groups (broad SMARTS) is 1. The summed E-state index contributed by atoms with van der Waals surface area (Å²) in [5.74, 6) is -1.16. The molecule has 0 saturated heterocycles. The molecule has 3 heteroatoms. The third kappa shape index (κ3) is 3.55. The van der Waals surface area contributed by atoms with Crippen LogP contribution in [0.25, 0.3) is 0 Å². The minimum atomic E-state index is -0.892. The molecule has 3 nitrogen and oxygen atoms in total. The highest BCUT2D eigenvalue weighted by molar-refractivity contribution is 5.98. The van der Waals surface area contributed by atoms with Crippen LogP contribution in [0.3, 0.4) is 0 Å². The Labute approximate surface area is 102 Å². The maximum absolute atomic E-state index is 12.0. The molecule has 0 heterocycles. The second-order valence-electron chi connectivity index (χ2n) is 5.62. The zero-order valence-corrected chi connectivity index (χ0v) is 10.7. The van der Waals surface area contributed by atoms with Crippen LogP contribution in [0.5, 0.6) is 0 Å². The lowest BCUT2D eigenvalue weighted by Crippen LogP contribution is -2.27. The first kappa shape index (κ1) is 13.7. The summed E-state index contributed by atoms with van der Waals surface area (Å²) in [5.41, 5.74) is 1.37. The average molecular weight is 236 g/mol. The number of ketones is 1. The van der Waals surface area contributed by atoms with Gasteiger partial charge in [0.2, 0.25) is 0 Å². The van der Waals surface area contributed by atoms with Crippen LogP contribution >= 0.6 is 0 Å². The Morgan fingerprint density at radius 3 is 2.59 bits per heavy atom. The third-order valence-electron chi connectivity index (χ3n) is 3.18. The number of carbonyl (C=O) groups excluding carboxylic acids is 1. The van der Waals surface area contributed by atoms with Crippen LogP contribution in [0.15, 0.2) is 23.8 Å². The molecule has 0 saturated carbocycles. The van der Waals surface area contributed by atoms with Crippen molar-refractivity contribution in [1.29, 1.82) is 0 Å². The van der Waals surface area contributed by atoms with Crippen LogP contribution in [0.4, 0.5) is 0 Å². The van der Waals surface area contributed by atoms with Gasteiger partial charge in [0.25, 0.3) is 0 Å². The normalized spacial score (nSPS) is 20.6. The van der Waals surface area contributed by atoms with Gasteiger partial charge in [-0.25, -0.2) is 0 Å². The van der Waals surface area contributed by atoms with Crippen LogP contribution in [-0.4, -0.2) is 16.9 Å². The summed E-state index contributed by atoms with van der Waals surface area (Å²) in [6, 6.07) is 0. The van der Waals surface area contributed by atoms with Gasteiger partial charge in [-0.15, -0.1) is 0 Å². The molecule has 0 spiro atoms. The molecule has 94 valence electrons. The Balaban J connectivity index is 2.96. The maximum atomic E-state index is 12.0. The molecular formula is C14H20O3. The molecule has 1 atom stereocenters. The van der Waals surface area contributed by atoms with Gasteiger partial charge in [0.1, 0.15) is 0 Å². The van der Waals surface area contributed by atoms with Gasteiger partial charge >= 0.3 is 5.97 Å². The molecule has 0 amide bonds. The van der Waals surface area contributed by atoms with E-state index in [4.69, 9.17) is 5.11 Å². The molecule has 0 aromatic carbocycles. The summed E-state index contributed by atoms with van der Waals surface area (Å²) in [6.07, 6.45) is 3.15. The molecule has 0 aliphatic heterocycles. The van der Waals surface area contributed by atoms with Crippen LogP contribution in [0.1, 0.15) is 40.0 Å². The van der Waals surface area contributed by atoms with Gasteiger partial charge in [0.05, 0.1) is 6.42 Å². The van der Waals surface area contributed by atoms with Crippen molar-refractivity contribution in [2.75, 3.05) is 0 Å². The Hall–Kier alpha value is -1.38. The number of carboxylic acids is 1. The van der Waals surface area contributed by atoms with Gasteiger partial charge < -0.3 is 5.11 Å².